The zero-order valence-electron chi connectivity index (χ0n) is 11.0. The van der Waals surface area contributed by atoms with Crippen molar-refractivity contribution in [2.45, 2.75) is 51.1 Å². The van der Waals surface area contributed by atoms with Gasteiger partial charge in [0.25, 0.3) is 0 Å². The van der Waals surface area contributed by atoms with E-state index in [1.807, 2.05) is 6.92 Å². The summed E-state index contributed by atoms with van der Waals surface area (Å²) < 4.78 is 0. The molecule has 1 saturated heterocycles. The molecular formula is C13H23N3O2. The highest BCUT2D eigenvalue weighted by atomic mass is 16.2. The van der Waals surface area contributed by atoms with E-state index in [4.69, 9.17) is 11.5 Å². The summed E-state index contributed by atoms with van der Waals surface area (Å²) in [4.78, 5) is 25.2. The third-order valence-corrected chi connectivity index (χ3v) is 4.24. The normalized spacial score (nSPS) is 30.0. The van der Waals surface area contributed by atoms with Crippen LogP contribution >= 0.6 is 0 Å². The molecule has 1 aliphatic carbocycles. The second-order valence-electron chi connectivity index (χ2n) is 5.78. The minimum atomic E-state index is -0.300. The Morgan fingerprint density at radius 3 is 2.50 bits per heavy atom. The molecule has 2 aliphatic rings. The molecule has 5 nitrogen and oxygen atoms in total. The average molecular weight is 253 g/mol. The van der Waals surface area contributed by atoms with Gasteiger partial charge in [0, 0.05) is 25.0 Å². The summed E-state index contributed by atoms with van der Waals surface area (Å²) in [5.41, 5.74) is 11.3. The standard InChI is InChI=1S/C13H23N3O2/c1-8-2-3-10(13(15)18)7-16(8)12(17)6-11(14)9-4-5-9/h8-11H,2-7,14H2,1H3,(H2,15,18). The molecule has 1 heterocycles. The number of likely N-dealkylation sites (tertiary alicyclic amines) is 1. The Bertz CT molecular complexity index is 341. The first-order chi connectivity index (χ1) is 8.49. The van der Waals surface area contributed by atoms with E-state index in [0.717, 1.165) is 25.7 Å². The van der Waals surface area contributed by atoms with E-state index >= 15 is 0 Å². The van der Waals surface area contributed by atoms with Crippen LogP contribution in [-0.2, 0) is 9.59 Å². The monoisotopic (exact) mass is 253 g/mol. The highest BCUT2D eigenvalue weighted by Crippen LogP contribution is 2.33. The highest BCUT2D eigenvalue weighted by Gasteiger charge is 2.35. The third-order valence-electron chi connectivity index (χ3n) is 4.24. The first-order valence-electron chi connectivity index (χ1n) is 6.83. The molecule has 3 unspecified atom stereocenters. The van der Waals surface area contributed by atoms with Crippen LogP contribution in [0, 0.1) is 11.8 Å². The lowest BCUT2D eigenvalue weighted by Gasteiger charge is -2.37. The van der Waals surface area contributed by atoms with Crippen molar-refractivity contribution in [3.05, 3.63) is 0 Å². The van der Waals surface area contributed by atoms with E-state index in [-0.39, 0.29) is 29.8 Å². The molecule has 4 N–H and O–H groups in total. The fourth-order valence-electron chi connectivity index (χ4n) is 2.70. The van der Waals surface area contributed by atoms with Crippen LogP contribution in [0.1, 0.15) is 39.0 Å². The SMILES string of the molecule is CC1CCC(C(N)=O)CN1C(=O)CC(N)C1CC1. The molecule has 0 aromatic carbocycles. The van der Waals surface area contributed by atoms with Gasteiger partial charge in [-0.05, 0) is 38.5 Å². The lowest BCUT2D eigenvalue weighted by molar-refractivity contribution is -0.138. The van der Waals surface area contributed by atoms with Gasteiger partial charge in [0.2, 0.25) is 11.8 Å². The Balaban J connectivity index is 1.91. The van der Waals surface area contributed by atoms with Crippen LogP contribution in [0.5, 0.6) is 0 Å². The second kappa shape index (κ2) is 5.26. The molecule has 0 aromatic heterocycles. The number of rotatable bonds is 4. The Kier molecular flexibility index (Phi) is 3.90. The Labute approximate surface area is 108 Å². The summed E-state index contributed by atoms with van der Waals surface area (Å²) >= 11 is 0. The molecule has 2 rings (SSSR count). The van der Waals surface area contributed by atoms with Crippen LogP contribution in [0.2, 0.25) is 0 Å². The molecule has 0 spiro atoms. The number of primary amides is 1. The van der Waals surface area contributed by atoms with E-state index in [2.05, 4.69) is 0 Å². The largest absolute Gasteiger partial charge is 0.369 e. The molecule has 0 bridgehead atoms. The molecule has 1 aliphatic heterocycles. The lowest BCUT2D eigenvalue weighted by Crippen LogP contribution is -2.49. The maximum absolute atomic E-state index is 12.2. The molecular weight excluding hydrogens is 230 g/mol. The first kappa shape index (κ1) is 13.3. The van der Waals surface area contributed by atoms with Crippen LogP contribution < -0.4 is 11.5 Å². The van der Waals surface area contributed by atoms with Crippen molar-refractivity contribution in [1.82, 2.24) is 4.90 Å². The summed E-state index contributed by atoms with van der Waals surface area (Å²) in [7, 11) is 0. The van der Waals surface area contributed by atoms with Crippen molar-refractivity contribution in [2.24, 2.45) is 23.3 Å². The zero-order chi connectivity index (χ0) is 13.3. The molecule has 3 atom stereocenters. The van der Waals surface area contributed by atoms with Gasteiger partial charge in [-0.1, -0.05) is 0 Å². The summed E-state index contributed by atoms with van der Waals surface area (Å²) in [6.07, 6.45) is 4.33. The van der Waals surface area contributed by atoms with E-state index in [1.54, 1.807) is 4.90 Å². The summed E-state index contributed by atoms with van der Waals surface area (Å²) in [5, 5.41) is 0. The third kappa shape index (κ3) is 3.02. The first-order valence-corrected chi connectivity index (χ1v) is 6.83. The maximum atomic E-state index is 12.2. The van der Waals surface area contributed by atoms with E-state index in [9.17, 15) is 9.59 Å². The minimum Gasteiger partial charge on any atom is -0.369 e. The average Bonchev–Trinajstić information content (AvgIpc) is 3.12. The quantitative estimate of drug-likeness (QED) is 0.751. The number of nitrogens with zero attached hydrogens (tertiary/aromatic N) is 1. The molecule has 0 aromatic rings. The summed E-state index contributed by atoms with van der Waals surface area (Å²) in [6.45, 7) is 2.49. The number of amides is 2. The van der Waals surface area contributed by atoms with Gasteiger partial charge in [-0.15, -0.1) is 0 Å². The topological polar surface area (TPSA) is 89.4 Å². The number of nitrogens with two attached hydrogens (primary N) is 2. The number of carbonyl (C=O) groups is 2. The number of piperidine rings is 1. The Morgan fingerprint density at radius 2 is 1.94 bits per heavy atom. The van der Waals surface area contributed by atoms with Gasteiger partial charge in [0.15, 0.2) is 0 Å². The molecule has 1 saturated carbocycles. The van der Waals surface area contributed by atoms with Gasteiger partial charge >= 0.3 is 0 Å². The van der Waals surface area contributed by atoms with Gasteiger partial charge in [0.05, 0.1) is 5.92 Å². The van der Waals surface area contributed by atoms with E-state index in [0.29, 0.717) is 18.9 Å². The molecule has 5 heteroatoms. The van der Waals surface area contributed by atoms with E-state index in [1.165, 1.54) is 0 Å². The molecule has 102 valence electrons. The van der Waals surface area contributed by atoms with Crippen LogP contribution in [0.3, 0.4) is 0 Å². The Hall–Kier alpha value is -1.10. The predicted molar refractivity (Wildman–Crippen MR) is 68.4 cm³/mol. The van der Waals surface area contributed by atoms with Gasteiger partial charge < -0.3 is 16.4 Å². The van der Waals surface area contributed by atoms with Gasteiger partial charge in [-0.25, -0.2) is 0 Å². The van der Waals surface area contributed by atoms with Gasteiger partial charge in [0.1, 0.15) is 0 Å². The molecule has 2 amide bonds. The van der Waals surface area contributed by atoms with Crippen molar-refractivity contribution in [3.8, 4) is 0 Å². The highest BCUT2D eigenvalue weighted by molar-refractivity contribution is 5.80. The minimum absolute atomic E-state index is 0.0151. The maximum Gasteiger partial charge on any atom is 0.224 e. The van der Waals surface area contributed by atoms with Crippen LogP contribution in [0.25, 0.3) is 0 Å². The van der Waals surface area contributed by atoms with Gasteiger partial charge in [-0.2, -0.15) is 0 Å². The van der Waals surface area contributed by atoms with E-state index < -0.39 is 0 Å². The van der Waals surface area contributed by atoms with Crippen molar-refractivity contribution < 1.29 is 9.59 Å². The van der Waals surface area contributed by atoms with Crippen LogP contribution in [-0.4, -0.2) is 35.3 Å². The summed E-state index contributed by atoms with van der Waals surface area (Å²) in [6, 6.07) is 0.179. The molecule has 0 radical (unpaired) electrons. The number of hydrogen-bond donors (Lipinski definition) is 2. The van der Waals surface area contributed by atoms with Crippen molar-refractivity contribution in [2.75, 3.05) is 6.54 Å². The molecule has 2 fully saturated rings. The van der Waals surface area contributed by atoms with Crippen molar-refractivity contribution in [3.63, 3.8) is 0 Å². The number of hydrogen-bond acceptors (Lipinski definition) is 3. The smallest absolute Gasteiger partial charge is 0.224 e. The van der Waals surface area contributed by atoms with Crippen molar-refractivity contribution in [1.29, 1.82) is 0 Å². The predicted octanol–water partition coefficient (Wildman–Crippen LogP) is 0.226. The van der Waals surface area contributed by atoms with Gasteiger partial charge in [-0.3, -0.25) is 9.59 Å². The second-order valence-corrected chi connectivity index (χ2v) is 5.78. The van der Waals surface area contributed by atoms with Crippen LogP contribution in [0.4, 0.5) is 0 Å². The lowest BCUT2D eigenvalue weighted by atomic mass is 9.92. The zero-order valence-corrected chi connectivity index (χ0v) is 11.0. The molecule has 18 heavy (non-hydrogen) atoms. The fraction of sp³-hybridized carbons (Fsp3) is 0.846. The van der Waals surface area contributed by atoms with Crippen LogP contribution in [0.15, 0.2) is 0 Å². The fourth-order valence-corrected chi connectivity index (χ4v) is 2.70. The summed E-state index contributed by atoms with van der Waals surface area (Å²) in [5.74, 6) is 0.113. The number of carbonyl (C=O) groups excluding carboxylic acids is 2. The Morgan fingerprint density at radius 1 is 1.28 bits per heavy atom. The van der Waals surface area contributed by atoms with Crippen molar-refractivity contribution >= 4 is 11.8 Å².